The number of amides is 1. The summed E-state index contributed by atoms with van der Waals surface area (Å²) < 4.78 is 5.04. The molecule has 0 fully saturated rings. The van der Waals surface area contributed by atoms with Crippen molar-refractivity contribution in [1.29, 1.82) is 0 Å². The number of methoxy groups -OCH3 is 1. The van der Waals surface area contributed by atoms with E-state index in [4.69, 9.17) is 4.74 Å². The van der Waals surface area contributed by atoms with Crippen molar-refractivity contribution < 1.29 is 19.4 Å². The van der Waals surface area contributed by atoms with Gasteiger partial charge in [-0.2, -0.15) is 0 Å². The van der Waals surface area contributed by atoms with E-state index in [-0.39, 0.29) is 23.6 Å². The van der Waals surface area contributed by atoms with Crippen molar-refractivity contribution in [2.24, 2.45) is 0 Å². The fraction of sp³-hybridized carbons (Fsp3) is 0.143. The van der Waals surface area contributed by atoms with Crippen LogP contribution in [0.25, 0.3) is 10.8 Å². The molecule has 2 N–H and O–H groups in total. The average molecular weight is 349 g/mol. The van der Waals surface area contributed by atoms with Crippen molar-refractivity contribution in [3.05, 3.63) is 71.8 Å². The Morgan fingerprint density at radius 1 is 1.04 bits per heavy atom. The van der Waals surface area contributed by atoms with Gasteiger partial charge in [-0.1, -0.05) is 42.5 Å². The predicted molar refractivity (Wildman–Crippen MR) is 101 cm³/mol. The number of fused-ring (bicyclic) bond motifs is 1. The monoisotopic (exact) mass is 349 g/mol. The third-order valence-corrected chi connectivity index (χ3v) is 4.23. The minimum Gasteiger partial charge on any atom is -0.497 e. The smallest absolute Gasteiger partial charge is 0.337 e. The maximum atomic E-state index is 12.3. The summed E-state index contributed by atoms with van der Waals surface area (Å²) in [6.07, 6.45) is 0.838. The molecule has 0 heterocycles. The molecule has 1 amide bonds. The van der Waals surface area contributed by atoms with E-state index in [0.717, 1.165) is 16.3 Å². The highest BCUT2D eigenvalue weighted by Gasteiger charge is 2.14. The average Bonchev–Trinajstić information content (AvgIpc) is 2.66. The number of anilines is 1. The number of aryl methyl sites for hydroxylation is 1. The first-order valence-corrected chi connectivity index (χ1v) is 8.26. The lowest BCUT2D eigenvalue weighted by atomic mass is 10.0. The zero-order chi connectivity index (χ0) is 18.5. The van der Waals surface area contributed by atoms with Crippen molar-refractivity contribution >= 4 is 28.3 Å². The summed E-state index contributed by atoms with van der Waals surface area (Å²) >= 11 is 0. The first-order chi connectivity index (χ1) is 12.6. The molecule has 0 unspecified atom stereocenters. The molecule has 0 aliphatic carbocycles. The molecule has 26 heavy (non-hydrogen) atoms. The van der Waals surface area contributed by atoms with Gasteiger partial charge in [0.25, 0.3) is 0 Å². The van der Waals surface area contributed by atoms with E-state index in [1.807, 2.05) is 42.5 Å². The molecule has 0 aliphatic heterocycles. The van der Waals surface area contributed by atoms with E-state index in [1.165, 1.54) is 19.2 Å². The Bertz CT molecular complexity index is 960. The first kappa shape index (κ1) is 17.5. The number of ether oxygens (including phenoxy) is 1. The number of carbonyl (C=O) groups is 2. The second-order valence-electron chi connectivity index (χ2n) is 5.90. The Labute approximate surface area is 151 Å². The van der Waals surface area contributed by atoms with E-state index in [0.29, 0.717) is 12.2 Å². The number of carboxylic acid groups (broad SMARTS) is 1. The lowest BCUT2D eigenvalue weighted by Crippen LogP contribution is -2.15. The molecule has 0 radical (unpaired) electrons. The van der Waals surface area contributed by atoms with E-state index >= 15 is 0 Å². The van der Waals surface area contributed by atoms with Crippen LogP contribution >= 0.6 is 0 Å². The zero-order valence-corrected chi connectivity index (χ0v) is 14.4. The van der Waals surface area contributed by atoms with Gasteiger partial charge in [0.15, 0.2) is 0 Å². The molecule has 3 aromatic carbocycles. The number of hydrogen-bond acceptors (Lipinski definition) is 3. The first-order valence-electron chi connectivity index (χ1n) is 8.26. The van der Waals surface area contributed by atoms with Gasteiger partial charge >= 0.3 is 5.97 Å². The van der Waals surface area contributed by atoms with Crippen LogP contribution < -0.4 is 10.1 Å². The Morgan fingerprint density at radius 2 is 1.81 bits per heavy atom. The standard InChI is InChI=1S/C21H19NO4/c1-26-16-10-11-19(18(13-16)21(24)25)22-20(23)12-9-15-7-4-6-14-5-2-3-8-17(14)15/h2-8,10-11,13H,9,12H2,1H3,(H,22,23)(H,24,25). The second-order valence-corrected chi connectivity index (χ2v) is 5.90. The Hall–Kier alpha value is -3.34. The van der Waals surface area contributed by atoms with E-state index in [1.54, 1.807) is 6.07 Å². The van der Waals surface area contributed by atoms with E-state index < -0.39 is 5.97 Å². The summed E-state index contributed by atoms with van der Waals surface area (Å²) in [5.74, 6) is -0.921. The molecule has 5 heteroatoms. The van der Waals surface area contributed by atoms with E-state index in [2.05, 4.69) is 5.32 Å². The van der Waals surface area contributed by atoms with E-state index in [9.17, 15) is 14.7 Å². The molecule has 5 nitrogen and oxygen atoms in total. The van der Waals surface area contributed by atoms with Crippen molar-refractivity contribution in [3.8, 4) is 5.75 Å². The molecule has 0 aromatic heterocycles. The summed E-state index contributed by atoms with van der Waals surface area (Å²) in [6.45, 7) is 0. The third-order valence-electron chi connectivity index (χ3n) is 4.23. The fourth-order valence-electron chi connectivity index (χ4n) is 2.91. The molecular formula is C21H19NO4. The minimum atomic E-state index is -1.12. The van der Waals surface area contributed by atoms with Crippen LogP contribution in [-0.2, 0) is 11.2 Å². The van der Waals surface area contributed by atoms with Gasteiger partial charge in [0.1, 0.15) is 5.75 Å². The highest BCUT2D eigenvalue weighted by atomic mass is 16.5. The predicted octanol–water partition coefficient (Wildman–Crippen LogP) is 4.12. The molecule has 0 saturated heterocycles. The van der Waals surface area contributed by atoms with Gasteiger partial charge in [0.05, 0.1) is 18.4 Å². The topological polar surface area (TPSA) is 75.6 Å². The third kappa shape index (κ3) is 3.83. The summed E-state index contributed by atoms with van der Waals surface area (Å²) in [4.78, 5) is 23.7. The Kier molecular flexibility index (Phi) is 5.17. The van der Waals surface area contributed by atoms with Crippen LogP contribution in [0.1, 0.15) is 22.3 Å². The largest absolute Gasteiger partial charge is 0.497 e. The van der Waals surface area contributed by atoms with Crippen LogP contribution in [0.15, 0.2) is 60.7 Å². The number of hydrogen-bond donors (Lipinski definition) is 2. The number of nitrogens with one attached hydrogen (secondary N) is 1. The number of rotatable bonds is 6. The summed E-state index contributed by atoms with van der Waals surface area (Å²) in [7, 11) is 1.46. The van der Waals surface area contributed by atoms with Gasteiger partial charge < -0.3 is 15.2 Å². The molecule has 0 bridgehead atoms. The quantitative estimate of drug-likeness (QED) is 0.702. The molecule has 0 saturated carbocycles. The number of aromatic carboxylic acids is 1. The highest BCUT2D eigenvalue weighted by molar-refractivity contribution is 6.01. The molecule has 3 aromatic rings. The lowest BCUT2D eigenvalue weighted by Gasteiger charge is -2.11. The van der Waals surface area contributed by atoms with Crippen molar-refractivity contribution in [2.75, 3.05) is 12.4 Å². The van der Waals surface area contributed by atoms with Crippen LogP contribution in [0.4, 0.5) is 5.69 Å². The van der Waals surface area contributed by atoms with Gasteiger partial charge in [-0.15, -0.1) is 0 Å². The van der Waals surface area contributed by atoms with Gasteiger partial charge in [-0.3, -0.25) is 4.79 Å². The summed E-state index contributed by atoms with van der Waals surface area (Å²) in [6, 6.07) is 18.6. The minimum absolute atomic E-state index is 0.00265. The van der Waals surface area contributed by atoms with Crippen LogP contribution in [0, 0.1) is 0 Å². The molecule has 0 spiro atoms. The van der Waals surface area contributed by atoms with Gasteiger partial charge in [0, 0.05) is 6.42 Å². The second kappa shape index (κ2) is 7.70. The van der Waals surface area contributed by atoms with Gasteiger partial charge in [0.2, 0.25) is 5.91 Å². The van der Waals surface area contributed by atoms with Crippen LogP contribution in [-0.4, -0.2) is 24.1 Å². The summed E-state index contributed by atoms with van der Waals surface area (Å²) in [5, 5.41) is 14.3. The normalized spacial score (nSPS) is 10.5. The molecule has 0 aliphatic rings. The zero-order valence-electron chi connectivity index (χ0n) is 14.4. The van der Waals surface area contributed by atoms with Crippen molar-refractivity contribution in [1.82, 2.24) is 0 Å². The van der Waals surface area contributed by atoms with Crippen LogP contribution in [0.3, 0.4) is 0 Å². The molecule has 3 rings (SSSR count). The fourth-order valence-corrected chi connectivity index (χ4v) is 2.91. The highest BCUT2D eigenvalue weighted by Crippen LogP contribution is 2.23. The number of carbonyl (C=O) groups excluding carboxylic acids is 1. The van der Waals surface area contributed by atoms with Crippen LogP contribution in [0.2, 0.25) is 0 Å². The maximum Gasteiger partial charge on any atom is 0.337 e. The summed E-state index contributed by atoms with van der Waals surface area (Å²) in [5.41, 5.74) is 1.36. The Morgan fingerprint density at radius 3 is 2.58 bits per heavy atom. The SMILES string of the molecule is COc1ccc(NC(=O)CCc2cccc3ccccc23)c(C(=O)O)c1. The van der Waals surface area contributed by atoms with Gasteiger partial charge in [-0.05, 0) is 41.0 Å². The van der Waals surface area contributed by atoms with Crippen molar-refractivity contribution in [3.63, 3.8) is 0 Å². The Balaban J connectivity index is 1.72. The van der Waals surface area contributed by atoms with Crippen molar-refractivity contribution in [2.45, 2.75) is 12.8 Å². The molecule has 132 valence electrons. The maximum absolute atomic E-state index is 12.3. The van der Waals surface area contributed by atoms with Gasteiger partial charge in [-0.25, -0.2) is 4.79 Å². The molecule has 0 atom stereocenters. The van der Waals surface area contributed by atoms with Crippen LogP contribution in [0.5, 0.6) is 5.75 Å². The number of benzene rings is 3. The number of carboxylic acids is 1. The molecular weight excluding hydrogens is 330 g/mol. The lowest BCUT2D eigenvalue weighted by molar-refractivity contribution is -0.116.